The molecule has 2 rings (SSSR count). The lowest BCUT2D eigenvalue weighted by atomic mass is 10.2. The van der Waals surface area contributed by atoms with Gasteiger partial charge in [0.05, 0.1) is 5.69 Å². The maximum atomic E-state index is 14.5. The molecule has 0 atom stereocenters. The predicted octanol–water partition coefficient (Wildman–Crippen LogP) is 2.25. The summed E-state index contributed by atoms with van der Waals surface area (Å²) in [6.45, 7) is 6.30. The van der Waals surface area contributed by atoms with Crippen LogP contribution >= 0.6 is 0 Å². The van der Waals surface area contributed by atoms with Crippen LogP contribution in [-0.2, 0) is 4.74 Å². The van der Waals surface area contributed by atoms with E-state index in [9.17, 15) is 13.6 Å². The van der Waals surface area contributed by atoms with Gasteiger partial charge in [-0.3, -0.25) is 10.8 Å². The fourth-order valence-electron chi connectivity index (χ4n) is 2.64. The Bertz CT molecular complexity index is 843. The van der Waals surface area contributed by atoms with E-state index >= 15 is 0 Å². The first-order valence-electron chi connectivity index (χ1n) is 8.82. The molecule has 0 saturated carbocycles. The minimum absolute atomic E-state index is 0.0369. The fraction of sp³-hybridized carbons (Fsp3) is 0.444. The van der Waals surface area contributed by atoms with E-state index in [-0.39, 0.29) is 37.6 Å². The molecule has 1 fully saturated rings. The fourth-order valence-corrected chi connectivity index (χ4v) is 2.64. The molecule has 1 aliphatic rings. The van der Waals surface area contributed by atoms with Crippen molar-refractivity contribution in [2.45, 2.75) is 26.4 Å². The zero-order valence-electron chi connectivity index (χ0n) is 16.4. The second-order valence-corrected chi connectivity index (χ2v) is 7.34. The number of nitrogens with zero attached hydrogens (tertiary/aromatic N) is 4. The molecule has 4 N–H and O–H groups in total. The molecule has 0 unspecified atom stereocenters. The average Bonchev–Trinajstić information content (AvgIpc) is 2.60. The van der Waals surface area contributed by atoms with Crippen LogP contribution < -0.4 is 16.1 Å². The van der Waals surface area contributed by atoms with Gasteiger partial charge >= 0.3 is 6.09 Å². The number of nitrogens with one attached hydrogen (secondary N) is 2. The lowest BCUT2D eigenvalue weighted by molar-refractivity contribution is 0.0240. The Balaban J connectivity index is 2.08. The topological polar surface area (TPSA) is 131 Å². The summed E-state index contributed by atoms with van der Waals surface area (Å²) in [5.74, 6) is -2.22. The summed E-state index contributed by atoms with van der Waals surface area (Å²) in [5.41, 5.74) is 6.19. The van der Waals surface area contributed by atoms with Crippen LogP contribution in [0.4, 0.5) is 25.0 Å². The van der Waals surface area contributed by atoms with E-state index in [1.54, 1.807) is 26.8 Å². The number of hydrazone groups is 1. The highest BCUT2D eigenvalue weighted by atomic mass is 19.1. The molecule has 0 aliphatic carbocycles. The number of benzene rings is 1. The number of amides is 1. The first-order valence-corrected chi connectivity index (χ1v) is 8.82. The van der Waals surface area contributed by atoms with Crippen LogP contribution in [-0.4, -0.2) is 54.3 Å². The van der Waals surface area contributed by atoms with Crippen molar-refractivity contribution in [1.82, 2.24) is 4.90 Å². The third-order valence-electron chi connectivity index (χ3n) is 3.92. The number of piperazine rings is 1. The Labute approximate surface area is 167 Å². The number of ether oxygens (including phenoxy) is 1. The molecule has 1 amide bonds. The summed E-state index contributed by atoms with van der Waals surface area (Å²) in [4.78, 5) is 15.1. The number of amidine groups is 1. The van der Waals surface area contributed by atoms with E-state index < -0.39 is 34.9 Å². The van der Waals surface area contributed by atoms with Crippen molar-refractivity contribution < 1.29 is 18.3 Å². The molecular weight excluding hydrogens is 384 g/mol. The van der Waals surface area contributed by atoms with Crippen LogP contribution in [0.15, 0.2) is 17.2 Å². The lowest BCUT2D eigenvalue weighted by Crippen LogP contribution is -2.50. The van der Waals surface area contributed by atoms with Crippen molar-refractivity contribution in [2.75, 3.05) is 36.5 Å². The highest BCUT2D eigenvalue weighted by molar-refractivity contribution is 6.45. The first-order chi connectivity index (χ1) is 13.5. The molecule has 1 aliphatic heterocycles. The Morgan fingerprint density at radius 2 is 1.83 bits per heavy atom. The highest BCUT2D eigenvalue weighted by Crippen LogP contribution is 2.28. The van der Waals surface area contributed by atoms with Gasteiger partial charge in [0.25, 0.3) is 0 Å². The van der Waals surface area contributed by atoms with Gasteiger partial charge in [-0.05, 0) is 20.8 Å². The molecule has 1 aromatic rings. The number of carbonyl (C=O) groups excluding carboxylic acids is 1. The molecule has 1 heterocycles. The molecule has 156 valence electrons. The van der Waals surface area contributed by atoms with Gasteiger partial charge in [0.15, 0.2) is 17.5 Å². The largest absolute Gasteiger partial charge is 0.444 e. The number of rotatable bonds is 4. The number of hydrogen-bond acceptors (Lipinski definition) is 7. The van der Waals surface area contributed by atoms with Gasteiger partial charge < -0.3 is 20.3 Å². The average molecular weight is 407 g/mol. The van der Waals surface area contributed by atoms with E-state index in [0.29, 0.717) is 0 Å². The first kappa shape index (κ1) is 21.9. The highest BCUT2D eigenvalue weighted by Gasteiger charge is 2.28. The predicted molar refractivity (Wildman–Crippen MR) is 105 cm³/mol. The van der Waals surface area contributed by atoms with Crippen molar-refractivity contribution in [2.24, 2.45) is 10.8 Å². The summed E-state index contributed by atoms with van der Waals surface area (Å²) >= 11 is 0. The van der Waals surface area contributed by atoms with Crippen LogP contribution in [0.25, 0.3) is 0 Å². The van der Waals surface area contributed by atoms with Gasteiger partial charge in [0, 0.05) is 38.3 Å². The Hall–Kier alpha value is -3.42. The van der Waals surface area contributed by atoms with Crippen molar-refractivity contribution in [1.29, 1.82) is 10.7 Å². The van der Waals surface area contributed by atoms with Gasteiger partial charge in [-0.1, -0.05) is 0 Å². The number of anilines is 2. The van der Waals surface area contributed by atoms with Crippen molar-refractivity contribution >= 4 is 29.0 Å². The third-order valence-corrected chi connectivity index (χ3v) is 3.92. The zero-order chi connectivity index (χ0) is 21.8. The van der Waals surface area contributed by atoms with Crippen LogP contribution in [0, 0.1) is 28.4 Å². The number of halogens is 2. The number of nitriles is 1. The lowest BCUT2D eigenvalue weighted by Gasteiger charge is -2.37. The van der Waals surface area contributed by atoms with E-state index in [4.69, 9.17) is 21.1 Å². The molecule has 0 spiro atoms. The van der Waals surface area contributed by atoms with Crippen LogP contribution in [0.2, 0.25) is 0 Å². The Morgan fingerprint density at radius 1 is 1.28 bits per heavy atom. The molecule has 0 bridgehead atoms. The number of hydrogen-bond donors (Lipinski definition) is 3. The van der Waals surface area contributed by atoms with Gasteiger partial charge in [-0.25, -0.2) is 13.6 Å². The van der Waals surface area contributed by atoms with Gasteiger partial charge in [-0.15, -0.1) is 0 Å². The summed E-state index contributed by atoms with van der Waals surface area (Å²) in [5, 5.41) is 19.5. The summed E-state index contributed by atoms with van der Waals surface area (Å²) in [6.07, 6.45) is -0.464. The number of nitrogens with two attached hydrogens (primary N) is 1. The molecule has 9 nitrogen and oxygen atoms in total. The van der Waals surface area contributed by atoms with E-state index in [1.807, 2.05) is 0 Å². The standard InChI is InChI=1S/C18H23F2N7O2/c1-18(2,3)29-17(28)27-6-4-26(5-7-27)15-12(19)8-11(9-13(15)20)24-25-14(10-21)16(22)23/h8-9,24H,4-7H2,1-3H3,(H3,22,23)/b25-14+. The van der Waals surface area contributed by atoms with Crippen molar-refractivity contribution in [3.63, 3.8) is 0 Å². The van der Waals surface area contributed by atoms with Gasteiger partial charge in [0.2, 0.25) is 5.71 Å². The quantitative estimate of drug-likeness (QED) is 0.399. The molecule has 1 saturated heterocycles. The van der Waals surface area contributed by atoms with Crippen molar-refractivity contribution in [3.8, 4) is 6.07 Å². The Morgan fingerprint density at radius 3 is 2.28 bits per heavy atom. The minimum Gasteiger partial charge on any atom is -0.444 e. The second kappa shape index (κ2) is 8.72. The van der Waals surface area contributed by atoms with Crippen LogP contribution in [0.1, 0.15) is 20.8 Å². The zero-order valence-corrected chi connectivity index (χ0v) is 16.4. The van der Waals surface area contributed by atoms with Gasteiger partial charge in [-0.2, -0.15) is 10.4 Å². The van der Waals surface area contributed by atoms with Crippen molar-refractivity contribution in [3.05, 3.63) is 23.8 Å². The molecular formula is C18H23F2N7O2. The molecule has 1 aromatic carbocycles. The summed E-state index contributed by atoms with van der Waals surface area (Å²) in [7, 11) is 0. The maximum absolute atomic E-state index is 14.5. The van der Waals surface area contributed by atoms with E-state index in [2.05, 4.69) is 10.5 Å². The molecule has 11 heteroatoms. The third kappa shape index (κ3) is 5.78. The monoisotopic (exact) mass is 407 g/mol. The smallest absolute Gasteiger partial charge is 0.410 e. The molecule has 0 radical (unpaired) electrons. The summed E-state index contributed by atoms with van der Waals surface area (Å²) < 4.78 is 34.4. The van der Waals surface area contributed by atoms with E-state index in [0.717, 1.165) is 12.1 Å². The number of carbonyl (C=O) groups is 1. The maximum Gasteiger partial charge on any atom is 0.410 e. The normalized spacial score (nSPS) is 15.0. The van der Waals surface area contributed by atoms with E-state index in [1.165, 1.54) is 9.80 Å². The Kier molecular flexibility index (Phi) is 6.58. The second-order valence-electron chi connectivity index (χ2n) is 7.34. The van der Waals surface area contributed by atoms with Crippen LogP contribution in [0.5, 0.6) is 0 Å². The molecule has 29 heavy (non-hydrogen) atoms. The minimum atomic E-state index is -0.824. The molecule has 0 aromatic heterocycles. The van der Waals surface area contributed by atoms with Gasteiger partial charge in [0.1, 0.15) is 17.4 Å². The summed E-state index contributed by atoms with van der Waals surface area (Å²) in [6, 6.07) is 3.64. The SMILES string of the molecule is CC(C)(C)OC(=O)N1CCN(c2c(F)cc(N/N=C(\C#N)C(=N)N)cc2F)CC1. The van der Waals surface area contributed by atoms with Crippen LogP contribution in [0.3, 0.4) is 0 Å².